The molecular weight excluding hydrogens is 438 g/mol. The first-order valence-corrected chi connectivity index (χ1v) is 11.0. The smallest absolute Gasteiger partial charge is 0.335 e. The molecule has 0 amide bonds. The van der Waals surface area contributed by atoms with Gasteiger partial charge in [0.25, 0.3) is 0 Å². The van der Waals surface area contributed by atoms with Crippen molar-refractivity contribution in [1.29, 1.82) is 0 Å². The maximum Gasteiger partial charge on any atom is 0.335 e. The lowest BCUT2D eigenvalue weighted by atomic mass is 9.75. The van der Waals surface area contributed by atoms with Crippen molar-refractivity contribution in [2.24, 2.45) is 0 Å². The lowest BCUT2D eigenvalue weighted by Crippen LogP contribution is -2.22. The number of nitrogens with zero attached hydrogens (tertiary/aromatic N) is 3. The Bertz CT molecular complexity index is 1370. The molecule has 0 fully saturated rings. The Kier molecular flexibility index (Phi) is 5.45. The molecular formula is C26H26ClN3O3. The van der Waals surface area contributed by atoms with E-state index < -0.39 is 11.4 Å². The van der Waals surface area contributed by atoms with E-state index in [1.54, 1.807) is 6.07 Å². The Labute approximate surface area is 197 Å². The number of hydrogen-bond donors (Lipinski definition) is 2. The van der Waals surface area contributed by atoms with Gasteiger partial charge >= 0.3 is 5.97 Å². The molecule has 4 rings (SSSR count). The molecule has 0 aliphatic heterocycles. The normalized spacial score (nSPS) is 12.3. The van der Waals surface area contributed by atoms with Crippen molar-refractivity contribution in [3.8, 4) is 11.4 Å². The summed E-state index contributed by atoms with van der Waals surface area (Å²) in [5.74, 6) is -0.960. The number of carbonyl (C=O) groups is 1. The minimum absolute atomic E-state index is 0.0710. The van der Waals surface area contributed by atoms with Gasteiger partial charge in [0.2, 0.25) is 0 Å². The molecule has 1 heterocycles. The van der Waals surface area contributed by atoms with Crippen LogP contribution in [0.2, 0.25) is 5.02 Å². The van der Waals surface area contributed by atoms with Crippen LogP contribution < -0.4 is 0 Å². The summed E-state index contributed by atoms with van der Waals surface area (Å²) in [7, 11) is 0. The summed E-state index contributed by atoms with van der Waals surface area (Å²) in [4.78, 5) is 12.7. The first kappa shape index (κ1) is 22.8. The van der Waals surface area contributed by atoms with Gasteiger partial charge in [-0.3, -0.25) is 0 Å². The predicted octanol–water partition coefficient (Wildman–Crippen LogP) is 6.10. The molecule has 0 bridgehead atoms. The summed E-state index contributed by atoms with van der Waals surface area (Å²) in [6, 6.07) is 16.1. The second-order valence-corrected chi connectivity index (χ2v) is 10.2. The van der Waals surface area contributed by atoms with Gasteiger partial charge in [0.05, 0.1) is 5.56 Å². The second kappa shape index (κ2) is 7.89. The van der Waals surface area contributed by atoms with Crippen LogP contribution in [0.15, 0.2) is 54.6 Å². The van der Waals surface area contributed by atoms with Crippen molar-refractivity contribution < 1.29 is 15.0 Å². The average Bonchev–Trinajstić information content (AvgIpc) is 3.16. The Hall–Kier alpha value is -3.38. The van der Waals surface area contributed by atoms with Crippen LogP contribution in [0.25, 0.3) is 16.7 Å². The topological polar surface area (TPSA) is 88.2 Å². The molecule has 0 radical (unpaired) electrons. The van der Waals surface area contributed by atoms with Gasteiger partial charge < -0.3 is 10.2 Å². The van der Waals surface area contributed by atoms with E-state index in [4.69, 9.17) is 11.6 Å². The van der Waals surface area contributed by atoms with Crippen molar-refractivity contribution in [2.75, 3.05) is 0 Å². The van der Waals surface area contributed by atoms with Gasteiger partial charge in [-0.15, -0.1) is 15.0 Å². The van der Waals surface area contributed by atoms with E-state index in [0.717, 1.165) is 16.7 Å². The first-order valence-electron chi connectivity index (χ1n) is 10.6. The zero-order chi connectivity index (χ0) is 24.1. The highest BCUT2D eigenvalue weighted by Gasteiger charge is 2.31. The number of carboxylic acids is 1. The van der Waals surface area contributed by atoms with Crippen molar-refractivity contribution in [2.45, 2.75) is 45.4 Å². The van der Waals surface area contributed by atoms with E-state index in [9.17, 15) is 15.0 Å². The van der Waals surface area contributed by atoms with Gasteiger partial charge in [0.1, 0.15) is 22.5 Å². The fourth-order valence-corrected chi connectivity index (χ4v) is 3.98. The molecule has 0 aliphatic carbocycles. The summed E-state index contributed by atoms with van der Waals surface area (Å²) in [6.45, 7) is 10.4. The molecule has 33 heavy (non-hydrogen) atoms. The van der Waals surface area contributed by atoms with E-state index in [0.29, 0.717) is 21.7 Å². The van der Waals surface area contributed by atoms with E-state index >= 15 is 0 Å². The van der Waals surface area contributed by atoms with Gasteiger partial charge in [0, 0.05) is 16.0 Å². The first-order chi connectivity index (χ1) is 15.4. The number of hydrogen-bond acceptors (Lipinski definition) is 4. The van der Waals surface area contributed by atoms with E-state index in [-0.39, 0.29) is 16.7 Å². The SMILES string of the molecule is CC(C)(C)c1cc(-n2nc3ccc(C(=O)O)cc3n2)c(O)c(C(C)(C)c2ccc(Cl)cc2)c1. The zero-order valence-corrected chi connectivity index (χ0v) is 20.0. The highest BCUT2D eigenvalue weighted by molar-refractivity contribution is 6.30. The standard InChI is InChI=1S/C26H26ClN3O3/c1-25(2,3)17-13-19(26(4,5)16-7-9-18(27)10-8-16)23(31)22(14-17)30-28-20-11-6-15(24(32)33)12-21(20)29-30/h6-14,31H,1-5H3,(H,32,33). The summed E-state index contributed by atoms with van der Waals surface area (Å²) >= 11 is 6.09. The van der Waals surface area contributed by atoms with Crippen molar-refractivity contribution in [3.05, 3.63) is 81.9 Å². The van der Waals surface area contributed by atoms with Crippen LogP contribution in [0.1, 0.15) is 61.7 Å². The highest BCUT2D eigenvalue weighted by Crippen LogP contribution is 2.42. The Morgan fingerprint density at radius 3 is 2.12 bits per heavy atom. The minimum Gasteiger partial charge on any atom is -0.505 e. The molecule has 3 aromatic carbocycles. The van der Waals surface area contributed by atoms with Crippen LogP contribution in [0.5, 0.6) is 5.75 Å². The third-order valence-corrected chi connectivity index (χ3v) is 6.29. The van der Waals surface area contributed by atoms with Crippen LogP contribution >= 0.6 is 11.6 Å². The second-order valence-electron chi connectivity index (χ2n) is 9.77. The number of phenols is 1. The number of rotatable bonds is 4. The number of fused-ring (bicyclic) bond motifs is 1. The molecule has 0 saturated heterocycles. The Morgan fingerprint density at radius 2 is 1.52 bits per heavy atom. The maximum absolute atomic E-state index is 11.4. The van der Waals surface area contributed by atoms with Crippen molar-refractivity contribution in [3.63, 3.8) is 0 Å². The van der Waals surface area contributed by atoms with Crippen LogP contribution in [-0.4, -0.2) is 31.2 Å². The largest absolute Gasteiger partial charge is 0.505 e. The molecule has 0 unspecified atom stereocenters. The van der Waals surface area contributed by atoms with E-state index in [1.807, 2.05) is 50.2 Å². The number of benzene rings is 3. The fraction of sp³-hybridized carbons (Fsp3) is 0.269. The van der Waals surface area contributed by atoms with Gasteiger partial charge in [-0.1, -0.05) is 64.4 Å². The van der Waals surface area contributed by atoms with Gasteiger partial charge in [-0.2, -0.15) is 0 Å². The number of aromatic nitrogens is 3. The van der Waals surface area contributed by atoms with Crippen LogP contribution in [0, 0.1) is 0 Å². The van der Waals surface area contributed by atoms with Crippen LogP contribution in [0.3, 0.4) is 0 Å². The van der Waals surface area contributed by atoms with Crippen molar-refractivity contribution >= 4 is 28.6 Å². The van der Waals surface area contributed by atoms with Gasteiger partial charge in [0.15, 0.2) is 0 Å². The fourth-order valence-electron chi connectivity index (χ4n) is 3.86. The molecule has 2 N–H and O–H groups in total. The zero-order valence-electron chi connectivity index (χ0n) is 19.2. The molecule has 0 aliphatic rings. The number of aromatic carboxylic acids is 1. The van der Waals surface area contributed by atoms with Gasteiger partial charge in [-0.25, -0.2) is 4.79 Å². The molecule has 0 atom stereocenters. The maximum atomic E-state index is 11.4. The van der Waals surface area contributed by atoms with Crippen LogP contribution in [0.4, 0.5) is 0 Å². The van der Waals surface area contributed by atoms with E-state index in [2.05, 4.69) is 31.0 Å². The van der Waals surface area contributed by atoms with Crippen molar-refractivity contribution in [1.82, 2.24) is 15.0 Å². The predicted molar refractivity (Wildman–Crippen MR) is 130 cm³/mol. The highest BCUT2D eigenvalue weighted by atomic mass is 35.5. The molecule has 6 nitrogen and oxygen atoms in total. The molecule has 170 valence electrons. The number of carboxylic acid groups (broad SMARTS) is 1. The lowest BCUT2D eigenvalue weighted by Gasteiger charge is -2.30. The number of phenolic OH excluding ortho intramolecular Hbond substituents is 1. The van der Waals surface area contributed by atoms with Crippen LogP contribution in [-0.2, 0) is 10.8 Å². The number of halogens is 1. The lowest BCUT2D eigenvalue weighted by molar-refractivity contribution is 0.0697. The third kappa shape index (κ3) is 4.18. The molecule has 4 aromatic rings. The molecule has 1 aromatic heterocycles. The Balaban J connectivity index is 1.95. The molecule has 7 heteroatoms. The average molecular weight is 464 g/mol. The van der Waals surface area contributed by atoms with E-state index in [1.165, 1.54) is 16.9 Å². The molecule has 0 saturated carbocycles. The summed E-state index contributed by atoms with van der Waals surface area (Å²) in [6.07, 6.45) is 0. The monoisotopic (exact) mass is 463 g/mol. The summed E-state index contributed by atoms with van der Waals surface area (Å²) in [5, 5.41) is 30.4. The number of aromatic hydroxyl groups is 1. The third-order valence-electron chi connectivity index (χ3n) is 6.04. The van der Waals surface area contributed by atoms with Gasteiger partial charge in [-0.05, 0) is 52.9 Å². The minimum atomic E-state index is -1.03. The quantitative estimate of drug-likeness (QED) is 0.381. The molecule has 0 spiro atoms. The summed E-state index contributed by atoms with van der Waals surface area (Å²) < 4.78 is 0. The Morgan fingerprint density at radius 1 is 0.879 bits per heavy atom. The summed E-state index contributed by atoms with van der Waals surface area (Å²) in [5.41, 5.74) is 3.57.